The molecular formula is C16H21F3O2. The van der Waals surface area contributed by atoms with E-state index >= 15 is 0 Å². The Labute approximate surface area is 123 Å². The van der Waals surface area contributed by atoms with E-state index < -0.39 is 11.7 Å². The van der Waals surface area contributed by atoms with Crippen molar-refractivity contribution in [3.8, 4) is 5.75 Å². The minimum absolute atomic E-state index is 0.0436. The zero-order chi connectivity index (χ0) is 16.0. The molecule has 0 spiro atoms. The van der Waals surface area contributed by atoms with Crippen molar-refractivity contribution in [2.75, 3.05) is 6.61 Å². The second kappa shape index (κ2) is 7.48. The van der Waals surface area contributed by atoms with Crippen LogP contribution in [-0.4, -0.2) is 12.4 Å². The zero-order valence-corrected chi connectivity index (χ0v) is 12.6. The summed E-state index contributed by atoms with van der Waals surface area (Å²) in [7, 11) is 0. The Balaban J connectivity index is 2.83. The first-order valence-corrected chi connectivity index (χ1v) is 7.11. The van der Waals surface area contributed by atoms with E-state index in [0.717, 1.165) is 12.1 Å². The van der Waals surface area contributed by atoms with Gasteiger partial charge in [-0.3, -0.25) is 4.79 Å². The molecule has 0 radical (unpaired) electrons. The molecule has 0 amide bonds. The van der Waals surface area contributed by atoms with Crippen LogP contribution in [0, 0.1) is 5.92 Å². The first-order chi connectivity index (χ1) is 9.75. The maximum Gasteiger partial charge on any atom is 0.416 e. The minimum Gasteiger partial charge on any atom is -0.494 e. The average molecular weight is 302 g/mol. The Bertz CT molecular complexity index is 479. The number of Topliss-reactive ketones (excluding diaryl/α,β-unsaturated/α-hetero) is 1. The van der Waals surface area contributed by atoms with Crippen LogP contribution in [0.1, 0.15) is 44.7 Å². The Morgan fingerprint density at radius 3 is 2.48 bits per heavy atom. The molecule has 5 heteroatoms. The number of ether oxygens (including phenoxy) is 1. The van der Waals surface area contributed by atoms with Crippen LogP contribution in [0.5, 0.6) is 5.75 Å². The van der Waals surface area contributed by atoms with Gasteiger partial charge in [-0.05, 0) is 43.5 Å². The van der Waals surface area contributed by atoms with Gasteiger partial charge in [0.25, 0.3) is 0 Å². The lowest BCUT2D eigenvalue weighted by Crippen LogP contribution is -2.09. The van der Waals surface area contributed by atoms with Crippen molar-refractivity contribution >= 4 is 5.78 Å². The van der Waals surface area contributed by atoms with Gasteiger partial charge in [0.05, 0.1) is 12.2 Å². The highest BCUT2D eigenvalue weighted by molar-refractivity contribution is 5.80. The topological polar surface area (TPSA) is 26.3 Å². The lowest BCUT2D eigenvalue weighted by molar-refractivity contribution is -0.137. The zero-order valence-electron chi connectivity index (χ0n) is 12.6. The quantitative estimate of drug-likeness (QED) is 0.732. The van der Waals surface area contributed by atoms with Crippen molar-refractivity contribution in [1.29, 1.82) is 0 Å². The molecule has 0 aliphatic heterocycles. The summed E-state index contributed by atoms with van der Waals surface area (Å²) in [5.41, 5.74) is -0.181. The van der Waals surface area contributed by atoms with E-state index in [1.54, 1.807) is 6.92 Å². The van der Waals surface area contributed by atoms with E-state index in [0.29, 0.717) is 37.2 Å². The average Bonchev–Trinajstić information content (AvgIpc) is 2.39. The van der Waals surface area contributed by atoms with Crippen molar-refractivity contribution < 1.29 is 22.7 Å². The Morgan fingerprint density at radius 1 is 1.29 bits per heavy atom. The highest BCUT2D eigenvalue weighted by Crippen LogP contribution is 2.33. The first kappa shape index (κ1) is 17.5. The summed E-state index contributed by atoms with van der Waals surface area (Å²) in [6.07, 6.45) is -3.07. The molecule has 1 rings (SSSR count). The molecule has 0 fully saturated rings. The molecule has 0 saturated heterocycles. The monoisotopic (exact) mass is 302 g/mol. The maximum atomic E-state index is 12.7. The highest BCUT2D eigenvalue weighted by Gasteiger charge is 2.31. The van der Waals surface area contributed by atoms with Crippen molar-refractivity contribution in [2.24, 2.45) is 5.92 Å². The summed E-state index contributed by atoms with van der Waals surface area (Å²) in [4.78, 5) is 11.6. The van der Waals surface area contributed by atoms with Gasteiger partial charge in [-0.1, -0.05) is 13.8 Å². The molecule has 0 N–H and O–H groups in total. The largest absolute Gasteiger partial charge is 0.494 e. The number of hydrogen-bond acceptors (Lipinski definition) is 2. The van der Waals surface area contributed by atoms with Crippen LogP contribution < -0.4 is 4.74 Å². The van der Waals surface area contributed by atoms with Gasteiger partial charge in [-0.2, -0.15) is 13.2 Å². The molecule has 1 aromatic carbocycles. The predicted octanol–water partition coefficient (Wildman–Crippen LogP) is 4.65. The smallest absolute Gasteiger partial charge is 0.416 e. The Kier molecular flexibility index (Phi) is 6.24. The number of ketones is 1. The summed E-state index contributed by atoms with van der Waals surface area (Å²) < 4.78 is 43.6. The third kappa shape index (κ3) is 5.40. The van der Waals surface area contributed by atoms with Crippen LogP contribution in [0.25, 0.3) is 0 Å². The van der Waals surface area contributed by atoms with Gasteiger partial charge in [-0.25, -0.2) is 0 Å². The van der Waals surface area contributed by atoms with E-state index in [9.17, 15) is 18.0 Å². The molecule has 21 heavy (non-hydrogen) atoms. The molecule has 0 atom stereocenters. The Hall–Kier alpha value is -1.52. The summed E-state index contributed by atoms with van der Waals surface area (Å²) in [5.74, 6) is 0.542. The summed E-state index contributed by atoms with van der Waals surface area (Å²) in [5, 5.41) is 0. The summed E-state index contributed by atoms with van der Waals surface area (Å²) in [6.45, 7) is 5.81. The van der Waals surface area contributed by atoms with Gasteiger partial charge >= 0.3 is 6.18 Å². The molecule has 0 heterocycles. The number of halogens is 3. The number of carbonyl (C=O) groups excluding carboxylic acids is 1. The number of benzene rings is 1. The highest BCUT2D eigenvalue weighted by atomic mass is 19.4. The fourth-order valence-corrected chi connectivity index (χ4v) is 1.99. The number of rotatable bonds is 7. The van der Waals surface area contributed by atoms with Gasteiger partial charge in [-0.15, -0.1) is 0 Å². The van der Waals surface area contributed by atoms with Crippen LogP contribution in [0.3, 0.4) is 0 Å². The fourth-order valence-electron chi connectivity index (χ4n) is 1.99. The third-order valence-corrected chi connectivity index (χ3v) is 3.20. The number of carbonyl (C=O) groups is 1. The number of hydrogen-bond donors (Lipinski definition) is 0. The van der Waals surface area contributed by atoms with E-state index in [4.69, 9.17) is 4.74 Å². The summed E-state index contributed by atoms with van der Waals surface area (Å²) in [6, 6.07) is 3.49. The second-order valence-corrected chi connectivity index (χ2v) is 5.23. The molecule has 2 nitrogen and oxygen atoms in total. The Morgan fingerprint density at radius 2 is 1.95 bits per heavy atom. The molecule has 118 valence electrons. The fraction of sp³-hybridized carbons (Fsp3) is 0.562. The SMILES string of the molecule is CCOc1ccc(C(F)(F)F)cc1CCCC(=O)C(C)C. The van der Waals surface area contributed by atoms with E-state index in [1.165, 1.54) is 6.07 Å². The normalized spacial score (nSPS) is 11.8. The summed E-state index contributed by atoms with van der Waals surface area (Å²) >= 11 is 0. The lowest BCUT2D eigenvalue weighted by atomic mass is 9.99. The van der Waals surface area contributed by atoms with Crippen LogP contribution in [0.4, 0.5) is 13.2 Å². The molecular weight excluding hydrogens is 281 g/mol. The van der Waals surface area contributed by atoms with E-state index in [-0.39, 0.29) is 11.7 Å². The number of aryl methyl sites for hydroxylation is 1. The van der Waals surface area contributed by atoms with E-state index in [2.05, 4.69) is 0 Å². The van der Waals surface area contributed by atoms with Crippen molar-refractivity contribution in [2.45, 2.75) is 46.2 Å². The molecule has 0 aliphatic rings. The standard InChI is InChI=1S/C16H21F3O2/c1-4-21-15-9-8-13(16(17,18)19)10-12(15)6-5-7-14(20)11(2)3/h8-11H,4-7H2,1-3H3. The van der Waals surface area contributed by atoms with Crippen LogP contribution in [0.2, 0.25) is 0 Å². The van der Waals surface area contributed by atoms with Crippen molar-refractivity contribution in [3.63, 3.8) is 0 Å². The third-order valence-electron chi connectivity index (χ3n) is 3.20. The molecule has 0 unspecified atom stereocenters. The number of alkyl halides is 3. The van der Waals surface area contributed by atoms with Gasteiger partial charge in [0.15, 0.2) is 0 Å². The molecule has 0 aromatic heterocycles. The maximum absolute atomic E-state index is 12.7. The van der Waals surface area contributed by atoms with Crippen molar-refractivity contribution in [3.05, 3.63) is 29.3 Å². The van der Waals surface area contributed by atoms with Gasteiger partial charge in [0.1, 0.15) is 11.5 Å². The molecule has 0 saturated carbocycles. The minimum atomic E-state index is -4.37. The lowest BCUT2D eigenvalue weighted by Gasteiger charge is -2.14. The van der Waals surface area contributed by atoms with Crippen molar-refractivity contribution in [1.82, 2.24) is 0 Å². The predicted molar refractivity (Wildman–Crippen MR) is 75.4 cm³/mol. The van der Waals surface area contributed by atoms with Gasteiger partial charge < -0.3 is 4.74 Å². The first-order valence-electron chi connectivity index (χ1n) is 7.11. The molecule has 0 aliphatic carbocycles. The molecule has 1 aromatic rings. The van der Waals surface area contributed by atoms with E-state index in [1.807, 2.05) is 13.8 Å². The van der Waals surface area contributed by atoms with Gasteiger partial charge in [0.2, 0.25) is 0 Å². The van der Waals surface area contributed by atoms with Crippen LogP contribution in [0.15, 0.2) is 18.2 Å². The second-order valence-electron chi connectivity index (χ2n) is 5.23. The van der Waals surface area contributed by atoms with Gasteiger partial charge in [0, 0.05) is 12.3 Å². The van der Waals surface area contributed by atoms with Crippen LogP contribution in [-0.2, 0) is 17.4 Å². The molecule has 0 bridgehead atoms. The van der Waals surface area contributed by atoms with Crippen LogP contribution >= 0.6 is 0 Å².